The molecule has 28 heavy (non-hydrogen) atoms. The van der Waals surface area contributed by atoms with E-state index in [1.807, 2.05) is 7.05 Å². The summed E-state index contributed by atoms with van der Waals surface area (Å²) in [6, 6.07) is 0. The van der Waals surface area contributed by atoms with Gasteiger partial charge in [-0.1, -0.05) is 11.3 Å². The minimum absolute atomic E-state index is 0.831. The molecule has 2 rings (SSSR count). The molecule has 3 N–H and O–H groups in total. The zero-order valence-electron chi connectivity index (χ0n) is 14.5. The summed E-state index contributed by atoms with van der Waals surface area (Å²) in [6.45, 7) is 4.26. The second-order valence-corrected chi connectivity index (χ2v) is 6.36. The second-order valence-electron chi connectivity index (χ2n) is 5.21. The molecular weight excluding hydrogens is 422 g/mol. The summed E-state index contributed by atoms with van der Waals surface area (Å²) >= 11 is 1.72. The van der Waals surface area contributed by atoms with Crippen molar-refractivity contribution in [1.29, 1.82) is 0 Å². The Labute approximate surface area is 159 Å². The van der Waals surface area contributed by atoms with E-state index in [1.54, 1.807) is 11.3 Å². The number of rotatable bonds is 4. The van der Waals surface area contributed by atoms with Gasteiger partial charge in [0.2, 0.25) is 0 Å². The van der Waals surface area contributed by atoms with Crippen LogP contribution in [0, 0.1) is 0 Å². The van der Waals surface area contributed by atoms with Crippen molar-refractivity contribution in [2.45, 2.75) is 38.3 Å². The molecule has 0 aromatic carbocycles. The number of nitrogens with one attached hydrogen (secondary N) is 1. The molecule has 1 aromatic rings. The normalized spacial score (nSPS) is 14.5. The average molecular weight is 440 g/mol. The van der Waals surface area contributed by atoms with Crippen LogP contribution < -0.4 is 5.32 Å². The highest BCUT2D eigenvalue weighted by molar-refractivity contribution is 7.11. The molecule has 0 aliphatic carbocycles. The number of likely N-dealkylation sites (tertiary alicyclic amines) is 1. The van der Waals surface area contributed by atoms with Crippen molar-refractivity contribution in [2.24, 2.45) is 0 Å². The van der Waals surface area contributed by atoms with Gasteiger partial charge < -0.3 is 15.5 Å². The number of halogens is 6. The van der Waals surface area contributed by atoms with Crippen LogP contribution in [0.3, 0.4) is 0 Å². The van der Waals surface area contributed by atoms with Crippen molar-refractivity contribution in [3.8, 4) is 0 Å². The minimum Gasteiger partial charge on any atom is -0.475 e. The van der Waals surface area contributed by atoms with E-state index < -0.39 is 24.3 Å². The molecule has 1 aliphatic heterocycles. The third-order valence-electron chi connectivity index (χ3n) is 2.88. The van der Waals surface area contributed by atoms with Gasteiger partial charge in [-0.15, -0.1) is 10.2 Å². The molecule has 0 spiro atoms. The quantitative estimate of drug-likeness (QED) is 0.610. The highest BCUT2D eigenvalue weighted by Gasteiger charge is 2.38. The fourth-order valence-corrected chi connectivity index (χ4v) is 2.61. The Morgan fingerprint density at radius 3 is 1.75 bits per heavy atom. The molecule has 0 radical (unpaired) electrons. The molecule has 1 aliphatic rings. The number of hydrogen-bond acceptors (Lipinski definition) is 7. The maximum Gasteiger partial charge on any atom is 0.490 e. The standard InChI is InChI=1S/C9H16N4S.2C2HF3O2/c1-10-6-8-11-12-9(14-8)7-13-4-2-3-5-13;2*3-2(4,5)1(6)7/h10H,2-7H2,1H3;2*(H,6,7). The van der Waals surface area contributed by atoms with Crippen LogP contribution in [0.2, 0.25) is 0 Å². The van der Waals surface area contributed by atoms with Gasteiger partial charge >= 0.3 is 24.3 Å². The number of carbonyl (C=O) groups is 2. The van der Waals surface area contributed by atoms with Gasteiger partial charge in [0.25, 0.3) is 0 Å². The smallest absolute Gasteiger partial charge is 0.475 e. The molecule has 0 amide bonds. The van der Waals surface area contributed by atoms with Gasteiger partial charge in [-0.2, -0.15) is 26.3 Å². The molecule has 0 unspecified atom stereocenters. The largest absolute Gasteiger partial charge is 0.490 e. The fraction of sp³-hybridized carbons (Fsp3) is 0.692. The van der Waals surface area contributed by atoms with Gasteiger partial charge in [-0.05, 0) is 33.0 Å². The Hall–Kier alpha value is -2.00. The van der Waals surface area contributed by atoms with Crippen LogP contribution in [-0.2, 0) is 22.7 Å². The summed E-state index contributed by atoms with van der Waals surface area (Å²) in [6.07, 6.45) is -7.50. The van der Waals surface area contributed by atoms with E-state index in [9.17, 15) is 26.3 Å². The third-order valence-corrected chi connectivity index (χ3v) is 3.79. The average Bonchev–Trinajstić information content (AvgIpc) is 3.20. The predicted molar refractivity (Wildman–Crippen MR) is 84.6 cm³/mol. The van der Waals surface area contributed by atoms with Crippen LogP contribution in [0.4, 0.5) is 26.3 Å². The van der Waals surface area contributed by atoms with Crippen LogP contribution in [0.15, 0.2) is 0 Å². The molecule has 2 heterocycles. The number of hydrogen-bond donors (Lipinski definition) is 3. The molecule has 1 saturated heterocycles. The van der Waals surface area contributed by atoms with Crippen LogP contribution in [0.5, 0.6) is 0 Å². The van der Waals surface area contributed by atoms with Crippen LogP contribution >= 0.6 is 11.3 Å². The monoisotopic (exact) mass is 440 g/mol. The zero-order chi connectivity index (χ0) is 22.0. The van der Waals surface area contributed by atoms with Crippen molar-refractivity contribution in [1.82, 2.24) is 20.4 Å². The lowest BCUT2D eigenvalue weighted by Crippen LogP contribution is -2.21. The zero-order valence-corrected chi connectivity index (χ0v) is 15.3. The Morgan fingerprint density at radius 1 is 1.00 bits per heavy atom. The molecular formula is C13H18F6N4O4S. The SMILES string of the molecule is CNCc1nnc(CN2CCCC2)s1.O=C(O)C(F)(F)F.O=C(O)C(F)(F)F. The first-order valence-corrected chi connectivity index (χ1v) is 8.37. The first-order chi connectivity index (χ1) is 12.8. The molecule has 15 heteroatoms. The maximum absolute atomic E-state index is 10.6. The number of carboxylic acid groups (broad SMARTS) is 2. The van der Waals surface area contributed by atoms with E-state index >= 15 is 0 Å². The highest BCUT2D eigenvalue weighted by atomic mass is 32.1. The maximum atomic E-state index is 10.6. The molecule has 0 saturated carbocycles. The number of carboxylic acids is 2. The van der Waals surface area contributed by atoms with Crippen LogP contribution in [-0.4, -0.2) is 69.7 Å². The van der Waals surface area contributed by atoms with Crippen LogP contribution in [0.1, 0.15) is 22.9 Å². The lowest BCUT2D eigenvalue weighted by molar-refractivity contribution is -0.193. The number of alkyl halides is 6. The summed E-state index contributed by atoms with van der Waals surface area (Å²) in [4.78, 5) is 20.2. The number of aromatic nitrogens is 2. The summed E-state index contributed by atoms with van der Waals surface area (Å²) in [5, 5.41) is 27.9. The highest BCUT2D eigenvalue weighted by Crippen LogP contribution is 2.16. The van der Waals surface area contributed by atoms with E-state index in [2.05, 4.69) is 20.4 Å². The van der Waals surface area contributed by atoms with Gasteiger partial charge in [0.05, 0.1) is 6.54 Å². The summed E-state index contributed by atoms with van der Waals surface area (Å²) in [7, 11) is 1.93. The first-order valence-electron chi connectivity index (χ1n) is 7.55. The number of nitrogens with zero attached hydrogens (tertiary/aromatic N) is 3. The molecule has 1 fully saturated rings. The Balaban J connectivity index is 0.000000444. The first kappa shape index (κ1) is 26.0. The Kier molecular flexibility index (Phi) is 10.9. The van der Waals surface area contributed by atoms with Gasteiger partial charge in [-0.25, -0.2) is 9.59 Å². The van der Waals surface area contributed by atoms with Gasteiger partial charge in [0, 0.05) is 6.54 Å². The molecule has 1 aromatic heterocycles. The topological polar surface area (TPSA) is 116 Å². The van der Waals surface area contributed by atoms with Crippen molar-refractivity contribution in [3.63, 3.8) is 0 Å². The second kappa shape index (κ2) is 11.8. The van der Waals surface area contributed by atoms with Gasteiger partial charge in [0.15, 0.2) is 0 Å². The third kappa shape index (κ3) is 11.7. The lowest BCUT2D eigenvalue weighted by Gasteiger charge is -2.10. The van der Waals surface area contributed by atoms with Crippen LogP contribution in [0.25, 0.3) is 0 Å². The Morgan fingerprint density at radius 2 is 1.39 bits per heavy atom. The lowest BCUT2D eigenvalue weighted by atomic mass is 10.4. The van der Waals surface area contributed by atoms with E-state index in [4.69, 9.17) is 19.8 Å². The van der Waals surface area contributed by atoms with Crippen molar-refractivity contribution in [2.75, 3.05) is 20.1 Å². The molecule has 0 bridgehead atoms. The van der Waals surface area contributed by atoms with E-state index in [0.717, 1.165) is 23.1 Å². The van der Waals surface area contributed by atoms with Crippen molar-refractivity contribution < 1.29 is 46.1 Å². The van der Waals surface area contributed by atoms with Crippen molar-refractivity contribution >= 4 is 23.3 Å². The molecule has 8 nitrogen and oxygen atoms in total. The summed E-state index contributed by atoms with van der Waals surface area (Å²) in [5.74, 6) is -5.51. The summed E-state index contributed by atoms with van der Waals surface area (Å²) < 4.78 is 63.5. The van der Waals surface area contributed by atoms with E-state index in [1.165, 1.54) is 25.9 Å². The number of aliphatic carboxylic acids is 2. The van der Waals surface area contributed by atoms with Gasteiger partial charge in [0.1, 0.15) is 10.0 Å². The molecule has 0 atom stereocenters. The van der Waals surface area contributed by atoms with E-state index in [-0.39, 0.29) is 0 Å². The summed E-state index contributed by atoms with van der Waals surface area (Å²) in [5.41, 5.74) is 0. The van der Waals surface area contributed by atoms with Crippen molar-refractivity contribution in [3.05, 3.63) is 10.0 Å². The minimum atomic E-state index is -5.08. The Bertz CT molecular complexity index is 593. The predicted octanol–water partition coefficient (Wildman–Crippen LogP) is 2.12. The fourth-order valence-electron chi connectivity index (χ4n) is 1.71. The van der Waals surface area contributed by atoms with E-state index in [0.29, 0.717) is 0 Å². The van der Waals surface area contributed by atoms with Gasteiger partial charge in [-0.3, -0.25) is 4.90 Å². The molecule has 162 valence electrons.